The Kier molecular flexibility index (Phi) is 8.51. The molecular formula is C16H24IN5O2. The molecule has 1 saturated heterocycles. The number of nitrogens with zero attached hydrogens (tertiary/aromatic N) is 2. The van der Waals surface area contributed by atoms with Crippen LogP contribution < -0.4 is 16.0 Å². The van der Waals surface area contributed by atoms with E-state index in [9.17, 15) is 9.59 Å². The van der Waals surface area contributed by atoms with Crippen molar-refractivity contribution < 1.29 is 9.59 Å². The Morgan fingerprint density at radius 3 is 2.54 bits per heavy atom. The van der Waals surface area contributed by atoms with Gasteiger partial charge in [0.1, 0.15) is 0 Å². The first-order valence-corrected chi connectivity index (χ1v) is 7.75. The number of aryl methyl sites for hydroxylation is 1. The molecule has 1 fully saturated rings. The highest BCUT2D eigenvalue weighted by atomic mass is 127. The Balaban J connectivity index is 0.00000288. The van der Waals surface area contributed by atoms with Crippen LogP contribution in [0.5, 0.6) is 0 Å². The number of halogens is 1. The van der Waals surface area contributed by atoms with Gasteiger partial charge >= 0.3 is 6.03 Å². The topological polar surface area (TPSA) is 85.8 Å². The molecule has 1 aliphatic rings. The fraction of sp³-hybridized carbons (Fsp3) is 0.438. The van der Waals surface area contributed by atoms with Crippen molar-refractivity contribution in [2.24, 2.45) is 4.99 Å². The molecule has 24 heavy (non-hydrogen) atoms. The SMILES string of the molecule is CCc1ccccc1CNC(=NC)NCCN1C(=O)CNC1=O.I. The second kappa shape index (κ2) is 10.1. The lowest BCUT2D eigenvalue weighted by atomic mass is 10.1. The molecule has 132 valence electrons. The largest absolute Gasteiger partial charge is 0.355 e. The molecule has 1 aromatic carbocycles. The van der Waals surface area contributed by atoms with E-state index >= 15 is 0 Å². The van der Waals surface area contributed by atoms with Crippen LogP contribution in [0.3, 0.4) is 0 Å². The van der Waals surface area contributed by atoms with Crippen molar-refractivity contribution in [2.75, 3.05) is 26.7 Å². The van der Waals surface area contributed by atoms with E-state index in [-0.39, 0.29) is 42.5 Å². The lowest BCUT2D eigenvalue weighted by Gasteiger charge is -2.16. The van der Waals surface area contributed by atoms with Gasteiger partial charge in [0.2, 0.25) is 5.91 Å². The number of hydrogen-bond acceptors (Lipinski definition) is 3. The summed E-state index contributed by atoms with van der Waals surface area (Å²) in [6.07, 6.45) is 0.982. The van der Waals surface area contributed by atoms with Gasteiger partial charge in [0.15, 0.2) is 5.96 Å². The second-order valence-corrected chi connectivity index (χ2v) is 5.18. The molecule has 3 N–H and O–H groups in total. The molecule has 0 saturated carbocycles. The van der Waals surface area contributed by atoms with Crippen LogP contribution in [0.1, 0.15) is 18.1 Å². The normalized spacial score (nSPS) is 14.2. The van der Waals surface area contributed by atoms with Crippen molar-refractivity contribution in [1.82, 2.24) is 20.9 Å². The van der Waals surface area contributed by atoms with E-state index < -0.39 is 0 Å². The van der Waals surface area contributed by atoms with Gasteiger partial charge in [0.25, 0.3) is 0 Å². The first-order chi connectivity index (χ1) is 11.2. The minimum absolute atomic E-state index is 0. The Morgan fingerprint density at radius 2 is 1.96 bits per heavy atom. The lowest BCUT2D eigenvalue weighted by molar-refractivity contribution is -0.124. The molecule has 7 nitrogen and oxygen atoms in total. The van der Waals surface area contributed by atoms with E-state index in [4.69, 9.17) is 0 Å². The summed E-state index contributed by atoms with van der Waals surface area (Å²) in [5, 5.41) is 8.85. The third kappa shape index (κ3) is 5.36. The van der Waals surface area contributed by atoms with Gasteiger partial charge in [0, 0.05) is 26.7 Å². The van der Waals surface area contributed by atoms with Gasteiger partial charge in [-0.2, -0.15) is 0 Å². The van der Waals surface area contributed by atoms with Gasteiger partial charge in [-0.1, -0.05) is 31.2 Å². The monoisotopic (exact) mass is 445 g/mol. The molecule has 8 heteroatoms. The van der Waals surface area contributed by atoms with Gasteiger partial charge in [-0.05, 0) is 17.5 Å². The number of amides is 3. The summed E-state index contributed by atoms with van der Waals surface area (Å²) >= 11 is 0. The van der Waals surface area contributed by atoms with Crippen LogP contribution in [0.2, 0.25) is 0 Å². The number of imide groups is 1. The van der Waals surface area contributed by atoms with Crippen LogP contribution in [-0.2, 0) is 17.8 Å². The second-order valence-electron chi connectivity index (χ2n) is 5.18. The zero-order valence-corrected chi connectivity index (χ0v) is 16.3. The maximum Gasteiger partial charge on any atom is 0.324 e. The van der Waals surface area contributed by atoms with Crippen LogP contribution in [0.15, 0.2) is 29.3 Å². The Hall–Kier alpha value is -1.84. The van der Waals surface area contributed by atoms with Crippen molar-refractivity contribution in [3.63, 3.8) is 0 Å². The van der Waals surface area contributed by atoms with Crippen molar-refractivity contribution in [3.8, 4) is 0 Å². The summed E-state index contributed by atoms with van der Waals surface area (Å²) in [6.45, 7) is 3.65. The first kappa shape index (κ1) is 20.2. The van der Waals surface area contributed by atoms with Gasteiger partial charge in [0.05, 0.1) is 6.54 Å². The molecule has 0 unspecified atom stereocenters. The van der Waals surface area contributed by atoms with E-state index in [1.165, 1.54) is 16.0 Å². The highest BCUT2D eigenvalue weighted by Crippen LogP contribution is 2.08. The Labute approximate surface area is 159 Å². The van der Waals surface area contributed by atoms with Gasteiger partial charge in [-0.3, -0.25) is 14.7 Å². The van der Waals surface area contributed by atoms with Crippen molar-refractivity contribution in [2.45, 2.75) is 19.9 Å². The number of rotatable bonds is 6. The molecule has 0 spiro atoms. The number of hydrogen-bond donors (Lipinski definition) is 3. The van der Waals surface area contributed by atoms with Crippen molar-refractivity contribution in [3.05, 3.63) is 35.4 Å². The first-order valence-electron chi connectivity index (χ1n) is 7.75. The van der Waals surface area contributed by atoms with Gasteiger partial charge in [-0.25, -0.2) is 4.79 Å². The Morgan fingerprint density at radius 1 is 1.25 bits per heavy atom. The molecule has 3 amide bonds. The summed E-state index contributed by atoms with van der Waals surface area (Å²) in [4.78, 5) is 28.3. The average Bonchev–Trinajstić information content (AvgIpc) is 2.89. The average molecular weight is 445 g/mol. The number of urea groups is 1. The zero-order chi connectivity index (χ0) is 16.7. The molecule has 0 bridgehead atoms. The van der Waals surface area contributed by atoms with Crippen LogP contribution in [0.4, 0.5) is 4.79 Å². The lowest BCUT2D eigenvalue weighted by Crippen LogP contribution is -2.43. The molecule has 0 aliphatic carbocycles. The predicted molar refractivity (Wildman–Crippen MR) is 105 cm³/mol. The van der Waals surface area contributed by atoms with E-state index in [2.05, 4.69) is 40.0 Å². The Bertz CT molecular complexity index is 590. The van der Waals surface area contributed by atoms with Gasteiger partial charge in [-0.15, -0.1) is 24.0 Å². The molecule has 0 aromatic heterocycles. The summed E-state index contributed by atoms with van der Waals surface area (Å²) in [5.41, 5.74) is 2.53. The predicted octanol–water partition coefficient (Wildman–Crippen LogP) is 1.08. The smallest absolute Gasteiger partial charge is 0.324 e. The van der Waals surface area contributed by atoms with Crippen molar-refractivity contribution >= 4 is 41.9 Å². The molecule has 1 aromatic rings. The van der Waals surface area contributed by atoms with Crippen molar-refractivity contribution in [1.29, 1.82) is 0 Å². The minimum Gasteiger partial charge on any atom is -0.355 e. The van der Waals surface area contributed by atoms with Gasteiger partial charge < -0.3 is 16.0 Å². The summed E-state index contributed by atoms with van der Waals surface area (Å²) in [5.74, 6) is 0.444. The van der Waals surface area contributed by atoms with Crippen LogP contribution in [0.25, 0.3) is 0 Å². The fourth-order valence-electron chi connectivity index (χ4n) is 2.44. The minimum atomic E-state index is -0.336. The maximum absolute atomic E-state index is 11.5. The van der Waals surface area contributed by atoms with E-state index in [0.29, 0.717) is 25.6 Å². The zero-order valence-electron chi connectivity index (χ0n) is 14.0. The third-order valence-corrected chi connectivity index (χ3v) is 3.73. The van der Waals surface area contributed by atoms with E-state index in [1.807, 2.05) is 12.1 Å². The molecule has 0 atom stereocenters. The number of guanidine groups is 1. The summed E-state index contributed by atoms with van der Waals surface area (Å²) in [6, 6.07) is 7.92. The van der Waals surface area contributed by atoms with Crippen LogP contribution in [0, 0.1) is 0 Å². The standard InChI is InChI=1S/C16H23N5O2.HI/c1-3-12-6-4-5-7-13(12)10-19-15(17-2)18-8-9-21-14(22)11-20-16(21)23;/h4-7H,3,8-11H2,1-2H3,(H,20,23)(H2,17,18,19);1H. The highest BCUT2D eigenvalue weighted by Gasteiger charge is 2.27. The molecule has 0 radical (unpaired) electrons. The third-order valence-electron chi connectivity index (χ3n) is 3.73. The number of aliphatic imine (C=N–C) groups is 1. The molecule has 1 heterocycles. The quantitative estimate of drug-likeness (QED) is 0.265. The number of carbonyl (C=O) groups is 2. The fourth-order valence-corrected chi connectivity index (χ4v) is 2.44. The molecule has 1 aliphatic heterocycles. The number of carbonyl (C=O) groups excluding carboxylic acids is 2. The molecular weight excluding hydrogens is 421 g/mol. The summed E-state index contributed by atoms with van der Waals surface area (Å²) < 4.78 is 0. The van der Waals surface area contributed by atoms with Crippen LogP contribution >= 0.6 is 24.0 Å². The maximum atomic E-state index is 11.5. The molecule has 2 rings (SSSR count). The number of benzene rings is 1. The van der Waals surface area contributed by atoms with Crippen LogP contribution in [-0.4, -0.2) is 49.5 Å². The van der Waals surface area contributed by atoms with E-state index in [0.717, 1.165) is 6.42 Å². The van der Waals surface area contributed by atoms with E-state index in [1.54, 1.807) is 7.05 Å². The number of nitrogens with one attached hydrogen (secondary N) is 3. The highest BCUT2D eigenvalue weighted by molar-refractivity contribution is 14.0. The summed E-state index contributed by atoms with van der Waals surface area (Å²) in [7, 11) is 1.69.